The molecule has 1 unspecified atom stereocenters. The summed E-state index contributed by atoms with van der Waals surface area (Å²) in [5, 5.41) is 3.33. The number of aromatic nitrogens is 3. The fourth-order valence-electron chi connectivity index (χ4n) is 5.08. The van der Waals surface area contributed by atoms with Gasteiger partial charge >= 0.3 is 0 Å². The van der Waals surface area contributed by atoms with Crippen LogP contribution in [0.15, 0.2) is 60.8 Å². The fraction of sp³-hybridized carbons (Fsp3) is 0.310. The van der Waals surface area contributed by atoms with Crippen LogP contribution in [0.4, 0.5) is 15.9 Å². The number of rotatable bonds is 8. The van der Waals surface area contributed by atoms with Crippen molar-refractivity contribution in [3.05, 3.63) is 83.7 Å². The predicted molar refractivity (Wildman–Crippen MR) is 154 cm³/mol. The van der Waals surface area contributed by atoms with Gasteiger partial charge in [0.15, 0.2) is 0 Å². The van der Waals surface area contributed by atoms with E-state index < -0.39 is 15.8 Å². The number of nitrogens with one attached hydrogen (secondary N) is 2. The maximum atomic E-state index is 15.6. The van der Waals surface area contributed by atoms with Crippen LogP contribution in [0, 0.1) is 5.82 Å². The SMILES string of the molecule is CNC1CC=C(c2cnc(N)c3c(-c4ccc(NS(=O)(=O)Cc5ccccc5)cc4F)nc(C(C)C)n23)CC1. The van der Waals surface area contributed by atoms with E-state index in [2.05, 4.69) is 21.1 Å². The van der Waals surface area contributed by atoms with Crippen LogP contribution in [-0.2, 0) is 15.8 Å². The number of allylic oxidation sites excluding steroid dienone is 1. The van der Waals surface area contributed by atoms with E-state index in [4.69, 9.17) is 10.7 Å². The Morgan fingerprint density at radius 2 is 1.95 bits per heavy atom. The number of benzene rings is 2. The second kappa shape index (κ2) is 10.8. The summed E-state index contributed by atoms with van der Waals surface area (Å²) < 4.78 is 45.4. The number of sulfonamides is 1. The molecule has 5 rings (SSSR count). The minimum absolute atomic E-state index is 0.0354. The molecular formula is C29H33FN6O2S. The van der Waals surface area contributed by atoms with E-state index in [9.17, 15) is 8.42 Å². The Bertz CT molecular complexity index is 1650. The molecule has 204 valence electrons. The molecule has 1 atom stereocenters. The Kier molecular flexibility index (Phi) is 7.42. The molecule has 39 heavy (non-hydrogen) atoms. The van der Waals surface area contributed by atoms with Crippen LogP contribution in [0.5, 0.6) is 0 Å². The van der Waals surface area contributed by atoms with Crippen molar-refractivity contribution in [3.8, 4) is 11.3 Å². The van der Waals surface area contributed by atoms with Gasteiger partial charge in [0.1, 0.15) is 28.7 Å². The minimum atomic E-state index is -3.73. The summed E-state index contributed by atoms with van der Waals surface area (Å²) in [5.74, 6) is 0.228. The number of hydrogen-bond donors (Lipinski definition) is 3. The van der Waals surface area contributed by atoms with Gasteiger partial charge in [-0.1, -0.05) is 50.3 Å². The lowest BCUT2D eigenvalue weighted by Crippen LogP contribution is -2.26. The monoisotopic (exact) mass is 548 g/mol. The van der Waals surface area contributed by atoms with Crippen LogP contribution in [0.2, 0.25) is 0 Å². The first-order chi connectivity index (χ1) is 18.7. The summed E-state index contributed by atoms with van der Waals surface area (Å²) in [6.45, 7) is 4.07. The molecule has 0 spiro atoms. The zero-order valence-corrected chi connectivity index (χ0v) is 23.1. The van der Waals surface area contributed by atoms with E-state index in [1.807, 2.05) is 31.4 Å². The summed E-state index contributed by atoms with van der Waals surface area (Å²) >= 11 is 0. The lowest BCUT2D eigenvalue weighted by Gasteiger charge is -2.22. The zero-order chi connectivity index (χ0) is 27.7. The van der Waals surface area contributed by atoms with Gasteiger partial charge in [-0.3, -0.25) is 9.12 Å². The average molecular weight is 549 g/mol. The number of fused-ring (bicyclic) bond motifs is 1. The van der Waals surface area contributed by atoms with Gasteiger partial charge in [0.25, 0.3) is 0 Å². The van der Waals surface area contributed by atoms with Crippen LogP contribution in [-0.4, -0.2) is 35.9 Å². The van der Waals surface area contributed by atoms with Crippen molar-refractivity contribution in [2.75, 3.05) is 17.5 Å². The van der Waals surface area contributed by atoms with Crippen molar-refractivity contribution in [2.45, 2.75) is 50.8 Å². The van der Waals surface area contributed by atoms with Gasteiger partial charge in [-0.25, -0.2) is 22.8 Å². The topological polar surface area (TPSA) is 114 Å². The number of nitrogen functional groups attached to an aromatic ring is 1. The predicted octanol–water partition coefficient (Wildman–Crippen LogP) is 5.34. The van der Waals surface area contributed by atoms with E-state index in [0.717, 1.165) is 36.4 Å². The number of anilines is 2. The van der Waals surface area contributed by atoms with Gasteiger partial charge in [0, 0.05) is 17.5 Å². The fourth-order valence-corrected chi connectivity index (χ4v) is 6.27. The number of halogens is 1. The summed E-state index contributed by atoms with van der Waals surface area (Å²) in [6, 6.07) is 13.5. The first-order valence-corrected chi connectivity index (χ1v) is 14.7. The smallest absolute Gasteiger partial charge is 0.236 e. The number of hydrogen-bond acceptors (Lipinski definition) is 6. The second-order valence-corrected chi connectivity index (χ2v) is 11.9. The number of imidazole rings is 1. The molecule has 0 amide bonds. The zero-order valence-electron chi connectivity index (χ0n) is 22.3. The second-order valence-electron chi connectivity index (χ2n) is 10.2. The molecule has 2 aromatic heterocycles. The van der Waals surface area contributed by atoms with Crippen molar-refractivity contribution in [1.82, 2.24) is 19.7 Å². The Hall–Kier alpha value is -3.76. The van der Waals surface area contributed by atoms with Crippen molar-refractivity contribution in [3.63, 3.8) is 0 Å². The molecule has 1 aliphatic rings. The number of nitrogens with zero attached hydrogens (tertiary/aromatic N) is 3. The lowest BCUT2D eigenvalue weighted by molar-refractivity contribution is 0.522. The van der Waals surface area contributed by atoms with Crippen LogP contribution >= 0.6 is 0 Å². The maximum absolute atomic E-state index is 15.6. The molecule has 0 aliphatic heterocycles. The van der Waals surface area contributed by atoms with E-state index >= 15 is 4.39 Å². The minimum Gasteiger partial charge on any atom is -0.382 e. The van der Waals surface area contributed by atoms with Gasteiger partial charge < -0.3 is 11.1 Å². The molecule has 0 fully saturated rings. The molecule has 4 N–H and O–H groups in total. The molecule has 4 aromatic rings. The molecule has 10 heteroatoms. The Morgan fingerprint density at radius 3 is 2.59 bits per heavy atom. The molecule has 0 saturated heterocycles. The molecule has 8 nitrogen and oxygen atoms in total. The third kappa shape index (κ3) is 5.53. The normalized spacial score (nSPS) is 16.0. The van der Waals surface area contributed by atoms with Gasteiger partial charge in [-0.15, -0.1) is 0 Å². The summed E-state index contributed by atoms with van der Waals surface area (Å²) in [6.07, 6.45) is 6.78. The first kappa shape index (κ1) is 26.8. The van der Waals surface area contributed by atoms with Crippen LogP contribution in [0.25, 0.3) is 22.3 Å². The lowest BCUT2D eigenvalue weighted by atomic mass is 9.93. The van der Waals surface area contributed by atoms with Gasteiger partial charge in [0.05, 0.1) is 23.3 Å². The van der Waals surface area contributed by atoms with E-state index in [-0.39, 0.29) is 28.7 Å². The standard InChI is InChI=1S/C29H33FN6O2S/c1-18(2)29-34-26(27-28(31)33-16-25(36(27)29)20-9-11-21(32-3)12-10-20)23-14-13-22(15-24(23)30)35-39(37,38)17-19-7-5-4-6-8-19/h4-9,13-16,18,21,32,35H,10-12,17H2,1-3H3,(H2,31,33). The van der Waals surface area contributed by atoms with Crippen molar-refractivity contribution in [1.29, 1.82) is 0 Å². The average Bonchev–Trinajstić information content (AvgIpc) is 3.31. The molecule has 2 aromatic carbocycles. The van der Waals surface area contributed by atoms with Crippen molar-refractivity contribution < 1.29 is 12.8 Å². The highest BCUT2D eigenvalue weighted by atomic mass is 32.2. The summed E-state index contributed by atoms with van der Waals surface area (Å²) in [4.78, 5) is 9.31. The maximum Gasteiger partial charge on any atom is 0.236 e. The molecule has 0 saturated carbocycles. The number of nitrogens with two attached hydrogens (primary N) is 1. The summed E-state index contributed by atoms with van der Waals surface area (Å²) in [5.41, 5.74) is 10.4. The Balaban J connectivity index is 1.54. The van der Waals surface area contributed by atoms with E-state index in [1.54, 1.807) is 30.5 Å². The molecule has 0 radical (unpaired) electrons. The molecule has 2 heterocycles. The Morgan fingerprint density at radius 1 is 1.18 bits per heavy atom. The Labute approximate surface area is 228 Å². The highest BCUT2D eigenvalue weighted by molar-refractivity contribution is 7.91. The van der Waals surface area contributed by atoms with Crippen LogP contribution in [0.3, 0.4) is 0 Å². The quantitative estimate of drug-likeness (QED) is 0.274. The van der Waals surface area contributed by atoms with Crippen molar-refractivity contribution in [2.24, 2.45) is 0 Å². The van der Waals surface area contributed by atoms with E-state index in [0.29, 0.717) is 22.8 Å². The third-order valence-corrected chi connectivity index (χ3v) is 8.33. The van der Waals surface area contributed by atoms with Gasteiger partial charge in [0.2, 0.25) is 10.0 Å². The molecule has 0 bridgehead atoms. The first-order valence-electron chi connectivity index (χ1n) is 13.0. The van der Waals surface area contributed by atoms with Gasteiger partial charge in [-0.2, -0.15) is 0 Å². The van der Waals surface area contributed by atoms with Crippen LogP contribution < -0.4 is 15.8 Å². The highest BCUT2D eigenvalue weighted by Gasteiger charge is 2.25. The van der Waals surface area contributed by atoms with Gasteiger partial charge in [-0.05, 0) is 55.6 Å². The van der Waals surface area contributed by atoms with Crippen LogP contribution in [0.1, 0.15) is 56.1 Å². The highest BCUT2D eigenvalue weighted by Crippen LogP contribution is 2.37. The summed E-state index contributed by atoms with van der Waals surface area (Å²) in [7, 11) is -1.76. The largest absolute Gasteiger partial charge is 0.382 e. The van der Waals surface area contributed by atoms with Crippen molar-refractivity contribution >= 4 is 32.6 Å². The molecule has 1 aliphatic carbocycles. The van der Waals surface area contributed by atoms with E-state index in [1.165, 1.54) is 18.2 Å². The third-order valence-electron chi connectivity index (χ3n) is 7.07. The molecular weight excluding hydrogens is 515 g/mol.